The molecule has 20 heavy (non-hydrogen) atoms. The summed E-state index contributed by atoms with van der Waals surface area (Å²) >= 11 is 0. The van der Waals surface area contributed by atoms with Crippen molar-refractivity contribution in [2.24, 2.45) is 35.5 Å². The molecule has 4 aliphatic carbocycles. The van der Waals surface area contributed by atoms with Gasteiger partial charge >= 0.3 is 0 Å². The van der Waals surface area contributed by atoms with E-state index in [9.17, 15) is 0 Å². The van der Waals surface area contributed by atoms with Gasteiger partial charge in [0.05, 0.1) is 0 Å². The summed E-state index contributed by atoms with van der Waals surface area (Å²) in [7, 11) is 0. The maximum Gasteiger partial charge on any atom is 0.119 e. The fraction of sp³-hybridized carbons (Fsp3) is 0.579. The lowest BCUT2D eigenvalue weighted by atomic mass is 9.72. The lowest BCUT2D eigenvalue weighted by Crippen LogP contribution is -2.36. The molecule has 4 aliphatic rings. The van der Waals surface area contributed by atoms with Crippen LogP contribution in [-0.4, -0.2) is 6.10 Å². The summed E-state index contributed by atoms with van der Waals surface area (Å²) in [6.07, 6.45) is 9.69. The molecule has 1 aromatic rings. The van der Waals surface area contributed by atoms with E-state index in [-0.39, 0.29) is 0 Å². The van der Waals surface area contributed by atoms with Gasteiger partial charge in [-0.05, 0) is 79.4 Å². The first-order valence-corrected chi connectivity index (χ1v) is 8.21. The zero-order chi connectivity index (χ0) is 13.3. The summed E-state index contributed by atoms with van der Waals surface area (Å²) < 4.78 is 6.38. The lowest BCUT2D eigenvalue weighted by Gasteiger charge is -2.36. The smallest absolute Gasteiger partial charge is 0.119 e. The van der Waals surface area contributed by atoms with Gasteiger partial charge in [-0.25, -0.2) is 0 Å². The number of fused-ring (bicyclic) bond motifs is 9. The van der Waals surface area contributed by atoms with Crippen molar-refractivity contribution in [2.75, 3.05) is 0 Å². The Hall–Kier alpha value is -1.24. The normalized spacial score (nSPS) is 47.0. The highest BCUT2D eigenvalue weighted by Crippen LogP contribution is 2.65. The van der Waals surface area contributed by atoms with E-state index >= 15 is 0 Å². The molecule has 1 heteroatoms. The molecular formula is C19H22O. The Balaban J connectivity index is 1.39. The van der Waals surface area contributed by atoms with Crippen molar-refractivity contribution in [3.63, 3.8) is 0 Å². The minimum Gasteiger partial charge on any atom is -0.490 e. The Labute approximate surface area is 121 Å². The van der Waals surface area contributed by atoms with Crippen LogP contribution < -0.4 is 4.74 Å². The average molecular weight is 266 g/mol. The second-order valence-corrected chi connectivity index (χ2v) is 7.47. The molecule has 1 aromatic carbocycles. The zero-order valence-electron chi connectivity index (χ0n) is 12.0. The SMILES string of the molecule is Cc1cccc(OC2CC3CC2C2C4C=CC(C4)C32)c1. The number of benzene rings is 1. The molecule has 4 bridgehead atoms. The number of aryl methyl sites for hydroxylation is 1. The lowest BCUT2D eigenvalue weighted by molar-refractivity contribution is 0.0664. The van der Waals surface area contributed by atoms with Gasteiger partial charge in [-0.1, -0.05) is 24.3 Å². The van der Waals surface area contributed by atoms with Crippen molar-refractivity contribution in [2.45, 2.75) is 32.3 Å². The highest BCUT2D eigenvalue weighted by atomic mass is 16.5. The first-order valence-electron chi connectivity index (χ1n) is 8.21. The molecule has 3 saturated carbocycles. The summed E-state index contributed by atoms with van der Waals surface area (Å²) in [5.74, 6) is 6.60. The van der Waals surface area contributed by atoms with E-state index in [0.717, 1.165) is 41.3 Å². The molecule has 104 valence electrons. The molecule has 0 spiro atoms. The minimum absolute atomic E-state index is 0.482. The van der Waals surface area contributed by atoms with E-state index in [0.29, 0.717) is 6.10 Å². The third-order valence-electron chi connectivity index (χ3n) is 6.49. The topological polar surface area (TPSA) is 9.23 Å². The van der Waals surface area contributed by atoms with Gasteiger partial charge in [0.25, 0.3) is 0 Å². The molecule has 0 radical (unpaired) electrons. The summed E-state index contributed by atoms with van der Waals surface area (Å²) in [4.78, 5) is 0. The Morgan fingerprint density at radius 3 is 2.70 bits per heavy atom. The summed E-state index contributed by atoms with van der Waals surface area (Å²) in [6.45, 7) is 2.14. The molecule has 0 saturated heterocycles. The van der Waals surface area contributed by atoms with Crippen LogP contribution in [0.25, 0.3) is 0 Å². The zero-order valence-corrected chi connectivity index (χ0v) is 12.0. The highest BCUT2D eigenvalue weighted by Gasteiger charge is 2.61. The molecule has 0 aliphatic heterocycles. The van der Waals surface area contributed by atoms with Crippen molar-refractivity contribution in [1.29, 1.82) is 0 Å². The van der Waals surface area contributed by atoms with Gasteiger partial charge in [0.2, 0.25) is 0 Å². The molecule has 1 nitrogen and oxygen atoms in total. The molecule has 0 aromatic heterocycles. The van der Waals surface area contributed by atoms with E-state index in [1.807, 2.05) is 0 Å². The number of rotatable bonds is 2. The van der Waals surface area contributed by atoms with Crippen molar-refractivity contribution in [3.05, 3.63) is 42.0 Å². The number of allylic oxidation sites excluding steroid dienone is 2. The first-order chi connectivity index (χ1) is 9.79. The Morgan fingerprint density at radius 1 is 1.00 bits per heavy atom. The molecule has 7 atom stereocenters. The molecule has 0 amide bonds. The first kappa shape index (κ1) is 11.4. The molecule has 7 unspecified atom stereocenters. The predicted octanol–water partition coefficient (Wildman–Crippen LogP) is 4.22. The van der Waals surface area contributed by atoms with Crippen molar-refractivity contribution in [1.82, 2.24) is 0 Å². The number of hydrogen-bond acceptors (Lipinski definition) is 1. The van der Waals surface area contributed by atoms with E-state index in [1.165, 1.54) is 24.8 Å². The summed E-state index contributed by atoms with van der Waals surface area (Å²) in [5, 5.41) is 0. The van der Waals surface area contributed by atoms with Gasteiger partial charge in [0.15, 0.2) is 0 Å². The molecule has 0 heterocycles. The molecular weight excluding hydrogens is 244 g/mol. The van der Waals surface area contributed by atoms with Gasteiger partial charge in [-0.15, -0.1) is 0 Å². The fourth-order valence-electron chi connectivity index (χ4n) is 5.95. The quantitative estimate of drug-likeness (QED) is 0.575. The van der Waals surface area contributed by atoms with E-state index in [1.54, 1.807) is 0 Å². The van der Waals surface area contributed by atoms with Gasteiger partial charge in [-0.2, -0.15) is 0 Å². The van der Waals surface area contributed by atoms with Crippen LogP contribution in [0.4, 0.5) is 0 Å². The van der Waals surface area contributed by atoms with Gasteiger partial charge in [0.1, 0.15) is 11.9 Å². The fourth-order valence-corrected chi connectivity index (χ4v) is 5.95. The van der Waals surface area contributed by atoms with Crippen LogP contribution in [0, 0.1) is 42.4 Å². The van der Waals surface area contributed by atoms with Gasteiger partial charge in [-0.3, -0.25) is 0 Å². The van der Waals surface area contributed by atoms with Crippen molar-refractivity contribution < 1.29 is 4.74 Å². The summed E-state index contributed by atoms with van der Waals surface area (Å²) in [6, 6.07) is 8.56. The maximum absolute atomic E-state index is 6.38. The third-order valence-corrected chi connectivity index (χ3v) is 6.49. The van der Waals surface area contributed by atoms with Crippen LogP contribution >= 0.6 is 0 Å². The van der Waals surface area contributed by atoms with Crippen LogP contribution in [0.5, 0.6) is 5.75 Å². The highest BCUT2D eigenvalue weighted by molar-refractivity contribution is 5.28. The molecule has 0 N–H and O–H groups in total. The molecule has 3 fully saturated rings. The average Bonchev–Trinajstić information content (AvgIpc) is 3.17. The third kappa shape index (κ3) is 1.44. The van der Waals surface area contributed by atoms with Crippen molar-refractivity contribution >= 4 is 0 Å². The van der Waals surface area contributed by atoms with Crippen LogP contribution in [0.2, 0.25) is 0 Å². The molecule has 5 rings (SSSR count). The Bertz CT molecular complexity index is 575. The van der Waals surface area contributed by atoms with Crippen molar-refractivity contribution in [3.8, 4) is 5.75 Å². The number of ether oxygens (including phenoxy) is 1. The van der Waals surface area contributed by atoms with E-state index in [4.69, 9.17) is 4.74 Å². The van der Waals surface area contributed by atoms with Gasteiger partial charge < -0.3 is 4.74 Å². The number of hydrogen-bond donors (Lipinski definition) is 0. The van der Waals surface area contributed by atoms with Crippen LogP contribution in [0.1, 0.15) is 24.8 Å². The Morgan fingerprint density at radius 2 is 1.85 bits per heavy atom. The van der Waals surface area contributed by atoms with E-state index < -0.39 is 0 Å². The largest absolute Gasteiger partial charge is 0.490 e. The Kier molecular flexibility index (Phi) is 2.23. The second kappa shape index (κ2) is 3.90. The monoisotopic (exact) mass is 266 g/mol. The standard InChI is InChI=1S/C19H22O/c1-11-3-2-4-15(7-11)20-17-10-14-9-16(17)19-13-6-5-12(8-13)18(14)19/h2-7,12-14,16-19H,8-10H2,1H3. The van der Waals surface area contributed by atoms with Crippen LogP contribution in [-0.2, 0) is 0 Å². The summed E-state index contributed by atoms with van der Waals surface area (Å²) in [5.41, 5.74) is 1.30. The van der Waals surface area contributed by atoms with Crippen LogP contribution in [0.15, 0.2) is 36.4 Å². The second-order valence-electron chi connectivity index (χ2n) is 7.47. The van der Waals surface area contributed by atoms with E-state index in [2.05, 4.69) is 43.3 Å². The predicted molar refractivity (Wildman–Crippen MR) is 79.5 cm³/mol. The minimum atomic E-state index is 0.482. The van der Waals surface area contributed by atoms with Gasteiger partial charge in [0, 0.05) is 0 Å². The maximum atomic E-state index is 6.38. The van der Waals surface area contributed by atoms with Crippen LogP contribution in [0.3, 0.4) is 0 Å².